The summed E-state index contributed by atoms with van der Waals surface area (Å²) >= 11 is 3.43. The number of aryl methyl sites for hydroxylation is 1. The van der Waals surface area contributed by atoms with Gasteiger partial charge in [0.15, 0.2) is 0 Å². The molecular formula is C16H16BrNO2. The van der Waals surface area contributed by atoms with Crippen molar-refractivity contribution in [3.05, 3.63) is 58.1 Å². The van der Waals surface area contributed by atoms with Gasteiger partial charge >= 0.3 is 0 Å². The Labute approximate surface area is 127 Å². The van der Waals surface area contributed by atoms with Crippen molar-refractivity contribution in [3.63, 3.8) is 0 Å². The van der Waals surface area contributed by atoms with Crippen LogP contribution in [0.15, 0.2) is 46.9 Å². The van der Waals surface area contributed by atoms with E-state index in [1.54, 1.807) is 24.3 Å². The molecule has 0 aliphatic heterocycles. The van der Waals surface area contributed by atoms with Crippen molar-refractivity contribution in [2.24, 2.45) is 0 Å². The maximum absolute atomic E-state index is 12.2. The molecule has 0 heterocycles. The molecule has 0 saturated carbocycles. The average molecular weight is 334 g/mol. The van der Waals surface area contributed by atoms with E-state index in [1.807, 2.05) is 32.0 Å². The van der Waals surface area contributed by atoms with Crippen LogP contribution in [0.2, 0.25) is 0 Å². The lowest BCUT2D eigenvalue weighted by Gasteiger charge is -2.09. The van der Waals surface area contributed by atoms with Crippen LogP contribution in [-0.2, 0) is 0 Å². The maximum atomic E-state index is 12.2. The van der Waals surface area contributed by atoms with Gasteiger partial charge in [-0.25, -0.2) is 0 Å². The van der Waals surface area contributed by atoms with E-state index >= 15 is 0 Å². The molecule has 1 N–H and O–H groups in total. The number of halogens is 1. The third kappa shape index (κ3) is 3.61. The number of carbonyl (C=O) groups is 1. The predicted octanol–water partition coefficient (Wildman–Crippen LogP) is 4.41. The van der Waals surface area contributed by atoms with Gasteiger partial charge in [-0.15, -0.1) is 0 Å². The van der Waals surface area contributed by atoms with Gasteiger partial charge in [0.25, 0.3) is 5.91 Å². The zero-order chi connectivity index (χ0) is 14.5. The minimum absolute atomic E-state index is 0.139. The van der Waals surface area contributed by atoms with Crippen LogP contribution in [0.4, 0.5) is 5.69 Å². The highest BCUT2D eigenvalue weighted by Gasteiger charge is 2.08. The minimum atomic E-state index is -0.139. The van der Waals surface area contributed by atoms with E-state index in [0.29, 0.717) is 12.2 Å². The van der Waals surface area contributed by atoms with Crippen molar-refractivity contribution < 1.29 is 9.53 Å². The van der Waals surface area contributed by atoms with Crippen LogP contribution in [-0.4, -0.2) is 12.5 Å². The summed E-state index contributed by atoms with van der Waals surface area (Å²) in [6.07, 6.45) is 0. The largest absolute Gasteiger partial charge is 0.494 e. The van der Waals surface area contributed by atoms with E-state index in [9.17, 15) is 4.79 Å². The molecule has 20 heavy (non-hydrogen) atoms. The summed E-state index contributed by atoms with van der Waals surface area (Å²) in [4.78, 5) is 12.2. The summed E-state index contributed by atoms with van der Waals surface area (Å²) in [6.45, 7) is 4.52. The number of rotatable bonds is 4. The molecule has 0 atom stereocenters. The van der Waals surface area contributed by atoms with Crippen molar-refractivity contribution in [1.82, 2.24) is 0 Å². The lowest BCUT2D eigenvalue weighted by Crippen LogP contribution is -2.12. The number of amides is 1. The van der Waals surface area contributed by atoms with Crippen LogP contribution >= 0.6 is 15.9 Å². The van der Waals surface area contributed by atoms with E-state index in [-0.39, 0.29) is 5.91 Å². The fourth-order valence-corrected chi connectivity index (χ4v) is 2.14. The Morgan fingerprint density at radius 2 is 1.90 bits per heavy atom. The van der Waals surface area contributed by atoms with Gasteiger partial charge in [-0.3, -0.25) is 4.79 Å². The lowest BCUT2D eigenvalue weighted by atomic mass is 10.2. The molecule has 0 unspecified atom stereocenters. The number of hydrogen-bond donors (Lipinski definition) is 1. The van der Waals surface area contributed by atoms with Crippen molar-refractivity contribution in [2.45, 2.75) is 13.8 Å². The molecule has 3 nitrogen and oxygen atoms in total. The topological polar surface area (TPSA) is 38.3 Å². The van der Waals surface area contributed by atoms with Crippen molar-refractivity contribution in [3.8, 4) is 5.75 Å². The summed E-state index contributed by atoms with van der Waals surface area (Å²) in [5.41, 5.74) is 2.46. The van der Waals surface area contributed by atoms with Gasteiger partial charge in [0.2, 0.25) is 0 Å². The summed E-state index contributed by atoms with van der Waals surface area (Å²) < 4.78 is 6.22. The molecule has 104 valence electrons. The van der Waals surface area contributed by atoms with E-state index < -0.39 is 0 Å². The molecule has 2 aromatic carbocycles. The van der Waals surface area contributed by atoms with Gasteiger partial charge in [-0.2, -0.15) is 0 Å². The number of ether oxygens (including phenoxy) is 1. The molecule has 0 aliphatic carbocycles. The second kappa shape index (κ2) is 6.57. The molecule has 0 aliphatic rings. The van der Waals surface area contributed by atoms with E-state index in [2.05, 4.69) is 21.2 Å². The van der Waals surface area contributed by atoms with Crippen LogP contribution in [0, 0.1) is 6.92 Å². The van der Waals surface area contributed by atoms with Gasteiger partial charge in [0.05, 0.1) is 12.3 Å². The van der Waals surface area contributed by atoms with E-state index in [1.165, 1.54) is 0 Å². The first-order chi connectivity index (χ1) is 9.60. The lowest BCUT2D eigenvalue weighted by molar-refractivity contribution is 0.102. The molecule has 0 spiro atoms. The highest BCUT2D eigenvalue weighted by molar-refractivity contribution is 9.10. The maximum Gasteiger partial charge on any atom is 0.255 e. The predicted molar refractivity (Wildman–Crippen MR) is 84.4 cm³/mol. The molecule has 0 fully saturated rings. The van der Waals surface area contributed by atoms with Crippen molar-refractivity contribution in [1.29, 1.82) is 0 Å². The van der Waals surface area contributed by atoms with Crippen LogP contribution in [0.25, 0.3) is 0 Å². The first kappa shape index (κ1) is 14.6. The van der Waals surface area contributed by atoms with E-state index in [4.69, 9.17) is 4.74 Å². The molecule has 0 aromatic heterocycles. The standard InChI is InChI=1S/C16H16BrNO2/c1-3-20-13-7-5-12(6-8-13)16(19)18-15-10-11(2)4-9-14(15)17/h4-10H,3H2,1-2H3,(H,18,19). The normalized spacial score (nSPS) is 10.2. The molecule has 0 bridgehead atoms. The SMILES string of the molecule is CCOc1ccc(C(=O)Nc2cc(C)ccc2Br)cc1. The van der Waals surface area contributed by atoms with Crippen LogP contribution in [0.1, 0.15) is 22.8 Å². The van der Waals surface area contributed by atoms with Gasteiger partial charge in [0.1, 0.15) is 5.75 Å². The van der Waals surface area contributed by atoms with Crippen molar-refractivity contribution in [2.75, 3.05) is 11.9 Å². The number of carbonyl (C=O) groups excluding carboxylic acids is 1. The second-order valence-corrected chi connectivity index (χ2v) is 5.25. The summed E-state index contributed by atoms with van der Waals surface area (Å²) in [7, 11) is 0. The monoisotopic (exact) mass is 333 g/mol. The second-order valence-electron chi connectivity index (χ2n) is 4.39. The summed E-state index contributed by atoms with van der Waals surface area (Å²) in [5.74, 6) is 0.625. The Morgan fingerprint density at radius 3 is 2.55 bits per heavy atom. The van der Waals surface area contributed by atoms with Crippen LogP contribution in [0.3, 0.4) is 0 Å². The Balaban J connectivity index is 2.13. The number of hydrogen-bond acceptors (Lipinski definition) is 2. The third-order valence-corrected chi connectivity index (χ3v) is 3.49. The van der Waals surface area contributed by atoms with Gasteiger partial charge in [-0.05, 0) is 71.7 Å². The first-order valence-corrected chi connectivity index (χ1v) is 7.20. The smallest absolute Gasteiger partial charge is 0.255 e. The average Bonchev–Trinajstić information content (AvgIpc) is 2.44. The Kier molecular flexibility index (Phi) is 4.79. The molecule has 0 radical (unpaired) electrons. The number of anilines is 1. The molecule has 2 aromatic rings. The summed E-state index contributed by atoms with van der Waals surface area (Å²) in [6, 6.07) is 12.9. The number of benzene rings is 2. The Morgan fingerprint density at radius 1 is 1.20 bits per heavy atom. The zero-order valence-electron chi connectivity index (χ0n) is 11.4. The molecular weight excluding hydrogens is 318 g/mol. The highest BCUT2D eigenvalue weighted by atomic mass is 79.9. The fourth-order valence-electron chi connectivity index (χ4n) is 1.80. The van der Waals surface area contributed by atoms with Crippen LogP contribution < -0.4 is 10.1 Å². The minimum Gasteiger partial charge on any atom is -0.494 e. The highest BCUT2D eigenvalue weighted by Crippen LogP contribution is 2.24. The molecule has 2 rings (SSSR count). The van der Waals surface area contributed by atoms with E-state index in [0.717, 1.165) is 21.5 Å². The van der Waals surface area contributed by atoms with Crippen LogP contribution in [0.5, 0.6) is 5.75 Å². The summed E-state index contributed by atoms with van der Waals surface area (Å²) in [5, 5.41) is 2.89. The van der Waals surface area contributed by atoms with Gasteiger partial charge < -0.3 is 10.1 Å². The first-order valence-electron chi connectivity index (χ1n) is 6.40. The molecule has 4 heteroatoms. The van der Waals surface area contributed by atoms with Gasteiger partial charge in [-0.1, -0.05) is 6.07 Å². The third-order valence-electron chi connectivity index (χ3n) is 2.80. The number of nitrogens with one attached hydrogen (secondary N) is 1. The molecule has 1 amide bonds. The Hall–Kier alpha value is -1.81. The Bertz CT molecular complexity index is 608. The van der Waals surface area contributed by atoms with Gasteiger partial charge in [0, 0.05) is 10.0 Å². The fraction of sp³-hybridized carbons (Fsp3) is 0.188. The quantitative estimate of drug-likeness (QED) is 0.899. The van der Waals surface area contributed by atoms with Crippen molar-refractivity contribution >= 4 is 27.5 Å². The molecule has 0 saturated heterocycles. The zero-order valence-corrected chi connectivity index (χ0v) is 13.0.